The van der Waals surface area contributed by atoms with E-state index in [1.807, 2.05) is 13.0 Å². The highest BCUT2D eigenvalue weighted by Gasteiger charge is 2.16. The van der Waals surface area contributed by atoms with Crippen molar-refractivity contribution in [1.82, 2.24) is 5.32 Å². The van der Waals surface area contributed by atoms with Crippen LogP contribution in [0.15, 0.2) is 18.2 Å². The Balaban J connectivity index is 2.68. The lowest BCUT2D eigenvalue weighted by Gasteiger charge is -2.13. The molecule has 1 atom stereocenters. The van der Waals surface area contributed by atoms with Crippen molar-refractivity contribution in [2.75, 3.05) is 0 Å². The summed E-state index contributed by atoms with van der Waals surface area (Å²) in [5.41, 5.74) is 0.607. The van der Waals surface area contributed by atoms with Gasteiger partial charge in [-0.1, -0.05) is 19.4 Å². The molecule has 5 heteroatoms. The lowest BCUT2D eigenvalue weighted by atomic mass is 10.1. The molecule has 0 saturated carbocycles. The number of hydrogen-bond donors (Lipinski definition) is 2. The number of nitrogens with zero attached hydrogens (tertiary/aromatic N) is 1. The van der Waals surface area contributed by atoms with Crippen LogP contribution in [0.5, 0.6) is 0 Å². The third kappa shape index (κ3) is 3.82. The fourth-order valence-corrected chi connectivity index (χ4v) is 1.59. The Morgan fingerprint density at radius 2 is 2.33 bits per heavy atom. The van der Waals surface area contributed by atoms with E-state index in [1.54, 1.807) is 0 Å². The van der Waals surface area contributed by atoms with Crippen molar-refractivity contribution in [3.05, 3.63) is 35.1 Å². The number of aliphatic carboxylic acids is 1. The average molecular weight is 250 g/mol. The first kappa shape index (κ1) is 14.1. The van der Waals surface area contributed by atoms with Crippen molar-refractivity contribution in [2.24, 2.45) is 0 Å². The number of benzene rings is 1. The Morgan fingerprint density at radius 1 is 1.61 bits per heavy atom. The molecule has 1 aromatic rings. The van der Waals surface area contributed by atoms with Crippen LogP contribution in [0.1, 0.15) is 30.9 Å². The molecule has 1 unspecified atom stereocenters. The van der Waals surface area contributed by atoms with E-state index < -0.39 is 17.8 Å². The first-order valence-corrected chi connectivity index (χ1v) is 5.73. The topological polar surface area (TPSA) is 73.1 Å². The number of nitriles is 1. The molecular formula is C13H15FN2O2. The summed E-state index contributed by atoms with van der Waals surface area (Å²) in [7, 11) is 0. The molecule has 0 bridgehead atoms. The fraction of sp³-hybridized carbons (Fsp3) is 0.385. The minimum atomic E-state index is -0.939. The molecule has 18 heavy (non-hydrogen) atoms. The first-order valence-electron chi connectivity index (χ1n) is 5.73. The number of rotatable bonds is 6. The molecule has 0 saturated heterocycles. The van der Waals surface area contributed by atoms with Gasteiger partial charge in [-0.05, 0) is 18.6 Å². The SMILES string of the molecule is CCCC(NCc1ccc(C#N)cc1F)C(=O)O. The van der Waals surface area contributed by atoms with Crippen LogP contribution < -0.4 is 5.32 Å². The Kier molecular flexibility index (Phi) is 5.28. The summed E-state index contributed by atoms with van der Waals surface area (Å²) in [6.45, 7) is 2.02. The minimum Gasteiger partial charge on any atom is -0.480 e. The quantitative estimate of drug-likeness (QED) is 0.810. The van der Waals surface area contributed by atoms with Crippen molar-refractivity contribution < 1.29 is 14.3 Å². The molecule has 0 radical (unpaired) electrons. The maximum atomic E-state index is 13.5. The summed E-state index contributed by atoms with van der Waals surface area (Å²) in [4.78, 5) is 10.9. The van der Waals surface area contributed by atoms with E-state index >= 15 is 0 Å². The Morgan fingerprint density at radius 3 is 2.83 bits per heavy atom. The van der Waals surface area contributed by atoms with Gasteiger partial charge in [0.1, 0.15) is 11.9 Å². The molecule has 0 aliphatic heterocycles. The van der Waals surface area contributed by atoms with E-state index in [4.69, 9.17) is 10.4 Å². The highest BCUT2D eigenvalue weighted by Crippen LogP contribution is 2.10. The molecular weight excluding hydrogens is 235 g/mol. The van der Waals surface area contributed by atoms with Crippen LogP contribution in [-0.2, 0) is 11.3 Å². The zero-order chi connectivity index (χ0) is 13.5. The van der Waals surface area contributed by atoms with Gasteiger partial charge in [-0.15, -0.1) is 0 Å². The third-order valence-electron chi connectivity index (χ3n) is 2.60. The van der Waals surface area contributed by atoms with Gasteiger partial charge in [0.05, 0.1) is 11.6 Å². The second-order valence-corrected chi connectivity index (χ2v) is 3.98. The molecule has 0 aliphatic carbocycles. The summed E-state index contributed by atoms with van der Waals surface area (Å²) in [5.74, 6) is -1.44. The van der Waals surface area contributed by atoms with Crippen LogP contribution >= 0.6 is 0 Å². The van der Waals surface area contributed by atoms with Crippen molar-refractivity contribution in [2.45, 2.75) is 32.4 Å². The maximum Gasteiger partial charge on any atom is 0.320 e. The maximum absolute atomic E-state index is 13.5. The smallest absolute Gasteiger partial charge is 0.320 e. The average Bonchev–Trinajstić information content (AvgIpc) is 2.35. The fourth-order valence-electron chi connectivity index (χ4n) is 1.59. The van der Waals surface area contributed by atoms with Gasteiger partial charge in [0.2, 0.25) is 0 Å². The number of nitrogens with one attached hydrogen (secondary N) is 1. The molecule has 0 aromatic heterocycles. The van der Waals surface area contributed by atoms with Gasteiger partial charge in [-0.3, -0.25) is 4.79 Å². The van der Waals surface area contributed by atoms with E-state index in [9.17, 15) is 9.18 Å². The van der Waals surface area contributed by atoms with Crippen molar-refractivity contribution in [3.63, 3.8) is 0 Å². The van der Waals surface area contributed by atoms with Crippen LogP contribution in [0.2, 0.25) is 0 Å². The van der Waals surface area contributed by atoms with Gasteiger partial charge in [0, 0.05) is 12.1 Å². The molecule has 0 fully saturated rings. The van der Waals surface area contributed by atoms with Crippen LogP contribution in [0, 0.1) is 17.1 Å². The lowest BCUT2D eigenvalue weighted by molar-refractivity contribution is -0.139. The van der Waals surface area contributed by atoms with E-state index in [2.05, 4.69) is 5.32 Å². The number of hydrogen-bond acceptors (Lipinski definition) is 3. The summed E-state index contributed by atoms with van der Waals surface area (Å²) < 4.78 is 13.5. The number of carbonyl (C=O) groups is 1. The summed E-state index contributed by atoms with van der Waals surface area (Å²) in [5, 5.41) is 20.3. The second kappa shape index (κ2) is 6.72. The number of carboxylic acids is 1. The van der Waals surface area contributed by atoms with Gasteiger partial charge < -0.3 is 10.4 Å². The van der Waals surface area contributed by atoms with E-state index in [0.29, 0.717) is 12.0 Å². The van der Waals surface area contributed by atoms with E-state index in [1.165, 1.54) is 12.1 Å². The Hall–Kier alpha value is -1.93. The third-order valence-corrected chi connectivity index (χ3v) is 2.60. The van der Waals surface area contributed by atoms with Gasteiger partial charge in [-0.2, -0.15) is 5.26 Å². The zero-order valence-corrected chi connectivity index (χ0v) is 10.1. The van der Waals surface area contributed by atoms with Crippen molar-refractivity contribution >= 4 is 5.97 Å². The monoisotopic (exact) mass is 250 g/mol. The highest BCUT2D eigenvalue weighted by atomic mass is 19.1. The molecule has 2 N–H and O–H groups in total. The van der Waals surface area contributed by atoms with Gasteiger partial charge in [0.15, 0.2) is 0 Å². The first-order chi connectivity index (χ1) is 8.58. The summed E-state index contributed by atoms with van der Waals surface area (Å²) in [6, 6.07) is 5.31. The lowest BCUT2D eigenvalue weighted by Crippen LogP contribution is -2.36. The number of halogens is 1. The van der Waals surface area contributed by atoms with Gasteiger partial charge in [-0.25, -0.2) is 4.39 Å². The molecule has 1 rings (SSSR count). The molecule has 0 heterocycles. The molecule has 0 aliphatic rings. The molecule has 96 valence electrons. The molecule has 4 nitrogen and oxygen atoms in total. The highest BCUT2D eigenvalue weighted by molar-refractivity contribution is 5.73. The summed E-state index contributed by atoms with van der Waals surface area (Å²) in [6.07, 6.45) is 1.23. The number of carboxylic acid groups (broad SMARTS) is 1. The Labute approximate surface area is 105 Å². The standard InChI is InChI=1S/C13H15FN2O2/c1-2-3-12(13(17)18)16-8-10-5-4-9(7-15)6-11(10)14/h4-6,12,16H,2-3,8H2,1H3,(H,17,18). The molecule has 0 amide bonds. The van der Waals surface area contributed by atoms with E-state index in [0.717, 1.165) is 12.5 Å². The Bertz CT molecular complexity index is 469. The van der Waals surface area contributed by atoms with Crippen LogP contribution in [0.25, 0.3) is 0 Å². The predicted molar refractivity (Wildman–Crippen MR) is 64.3 cm³/mol. The van der Waals surface area contributed by atoms with Gasteiger partial charge >= 0.3 is 5.97 Å². The largest absolute Gasteiger partial charge is 0.480 e. The van der Waals surface area contributed by atoms with Crippen LogP contribution in [0.3, 0.4) is 0 Å². The van der Waals surface area contributed by atoms with Gasteiger partial charge in [0.25, 0.3) is 0 Å². The zero-order valence-electron chi connectivity index (χ0n) is 10.1. The minimum absolute atomic E-state index is 0.133. The summed E-state index contributed by atoms with van der Waals surface area (Å²) >= 11 is 0. The van der Waals surface area contributed by atoms with Crippen molar-refractivity contribution in [3.8, 4) is 6.07 Å². The van der Waals surface area contributed by atoms with E-state index in [-0.39, 0.29) is 12.1 Å². The molecule has 1 aromatic carbocycles. The van der Waals surface area contributed by atoms with Crippen LogP contribution in [0.4, 0.5) is 4.39 Å². The predicted octanol–water partition coefficient (Wildman–Crippen LogP) is 2.04. The molecule has 0 spiro atoms. The van der Waals surface area contributed by atoms with Crippen molar-refractivity contribution in [1.29, 1.82) is 5.26 Å². The second-order valence-electron chi connectivity index (χ2n) is 3.98. The van der Waals surface area contributed by atoms with Crippen LogP contribution in [-0.4, -0.2) is 17.1 Å². The normalized spacial score (nSPS) is 11.8.